The van der Waals surface area contributed by atoms with E-state index < -0.39 is 0 Å². The molecule has 0 amide bonds. The smallest absolute Gasteiger partial charge is 0.0398 e. The molecule has 0 spiro atoms. The molecule has 0 atom stereocenters. The van der Waals surface area contributed by atoms with Gasteiger partial charge in [0.05, 0.1) is 0 Å². The molecular formula is C19H32. The molecule has 1 aromatic carbocycles. The number of hydrogen-bond acceptors (Lipinski definition) is 0. The first-order chi connectivity index (χ1) is 9.16. The fraction of sp³-hybridized carbons (Fsp3) is 0.368. The SMILES string of the molecule is C=C(C)/C=C\C=C/C.CC.CC.Cc1ccccc1. The van der Waals surface area contributed by atoms with Crippen molar-refractivity contribution in [2.75, 3.05) is 0 Å². The second kappa shape index (κ2) is 21.7. The van der Waals surface area contributed by atoms with E-state index in [-0.39, 0.29) is 0 Å². The average Bonchev–Trinajstić information content (AvgIpc) is 2.45. The van der Waals surface area contributed by atoms with Gasteiger partial charge in [-0.2, -0.15) is 0 Å². The highest BCUT2D eigenvalue weighted by Gasteiger charge is 1.72. The van der Waals surface area contributed by atoms with Gasteiger partial charge in [0.2, 0.25) is 0 Å². The summed E-state index contributed by atoms with van der Waals surface area (Å²) in [5.74, 6) is 0. The summed E-state index contributed by atoms with van der Waals surface area (Å²) < 4.78 is 0. The van der Waals surface area contributed by atoms with Gasteiger partial charge in [0, 0.05) is 0 Å². The second-order valence-electron chi connectivity index (χ2n) is 3.39. The maximum Gasteiger partial charge on any atom is -0.0398 e. The molecule has 0 aliphatic heterocycles. The van der Waals surface area contributed by atoms with E-state index in [0.29, 0.717) is 0 Å². The lowest BCUT2D eigenvalue weighted by Gasteiger charge is -1.82. The fourth-order valence-corrected chi connectivity index (χ4v) is 0.865. The van der Waals surface area contributed by atoms with Crippen LogP contribution in [0.5, 0.6) is 0 Å². The highest BCUT2D eigenvalue weighted by molar-refractivity contribution is 5.16. The largest absolute Gasteiger partial charge is 0.0961 e. The van der Waals surface area contributed by atoms with Gasteiger partial charge in [-0.15, -0.1) is 0 Å². The summed E-state index contributed by atoms with van der Waals surface area (Å²) in [7, 11) is 0. The van der Waals surface area contributed by atoms with Gasteiger partial charge in [0.1, 0.15) is 0 Å². The first-order valence-corrected chi connectivity index (χ1v) is 7.13. The van der Waals surface area contributed by atoms with Crippen LogP contribution in [0.25, 0.3) is 0 Å². The Morgan fingerprint density at radius 1 is 0.947 bits per heavy atom. The molecule has 0 saturated heterocycles. The summed E-state index contributed by atoms with van der Waals surface area (Å²) in [4.78, 5) is 0. The summed E-state index contributed by atoms with van der Waals surface area (Å²) in [6, 6.07) is 10.3. The third-order valence-electron chi connectivity index (χ3n) is 1.62. The molecule has 1 rings (SSSR count). The van der Waals surface area contributed by atoms with Crippen molar-refractivity contribution in [3.05, 3.63) is 72.4 Å². The molecule has 0 fully saturated rings. The molecule has 0 aliphatic carbocycles. The van der Waals surface area contributed by atoms with Crippen molar-refractivity contribution in [3.63, 3.8) is 0 Å². The average molecular weight is 260 g/mol. The van der Waals surface area contributed by atoms with Gasteiger partial charge in [0.25, 0.3) is 0 Å². The highest BCUT2D eigenvalue weighted by Crippen LogP contribution is 1.92. The Morgan fingerprint density at radius 3 is 1.68 bits per heavy atom. The predicted molar refractivity (Wildman–Crippen MR) is 92.6 cm³/mol. The van der Waals surface area contributed by atoms with Gasteiger partial charge >= 0.3 is 0 Å². The van der Waals surface area contributed by atoms with Crippen molar-refractivity contribution >= 4 is 0 Å². The molecule has 0 heterocycles. The number of aryl methyl sites for hydroxylation is 1. The molecule has 0 aliphatic rings. The maximum atomic E-state index is 3.71. The fourth-order valence-electron chi connectivity index (χ4n) is 0.865. The second-order valence-corrected chi connectivity index (χ2v) is 3.39. The van der Waals surface area contributed by atoms with Crippen molar-refractivity contribution in [2.24, 2.45) is 0 Å². The summed E-state index contributed by atoms with van der Waals surface area (Å²) in [6.45, 7) is 17.8. The van der Waals surface area contributed by atoms with Gasteiger partial charge in [-0.25, -0.2) is 0 Å². The molecule has 0 aromatic heterocycles. The standard InChI is InChI=1S/C8H12.C7H8.2C2H6/c1-4-5-6-7-8(2)3;1-7-5-3-2-4-6-7;2*1-2/h4-7H,2H2,1,3H3;2-6H,1H3;2*1-2H3/b5-4-,7-6-;;;. The van der Waals surface area contributed by atoms with Crippen LogP contribution in [0.3, 0.4) is 0 Å². The van der Waals surface area contributed by atoms with Crippen molar-refractivity contribution in [1.29, 1.82) is 0 Å². The third kappa shape index (κ3) is 26.2. The highest BCUT2D eigenvalue weighted by atomic mass is 13.8. The summed E-state index contributed by atoms with van der Waals surface area (Å²) >= 11 is 0. The molecule has 0 bridgehead atoms. The molecule has 0 heteroatoms. The Hall–Kier alpha value is -1.56. The van der Waals surface area contributed by atoms with Crippen molar-refractivity contribution in [3.8, 4) is 0 Å². The molecule has 0 N–H and O–H groups in total. The molecule has 0 saturated carbocycles. The molecule has 1 aromatic rings. The molecule has 19 heavy (non-hydrogen) atoms. The van der Waals surface area contributed by atoms with Crippen LogP contribution < -0.4 is 0 Å². The first-order valence-electron chi connectivity index (χ1n) is 7.13. The van der Waals surface area contributed by atoms with Crippen LogP contribution in [0.1, 0.15) is 47.1 Å². The molecular weight excluding hydrogens is 228 g/mol. The van der Waals surface area contributed by atoms with E-state index in [9.17, 15) is 0 Å². The van der Waals surface area contributed by atoms with E-state index in [4.69, 9.17) is 0 Å². The van der Waals surface area contributed by atoms with Gasteiger partial charge in [0.15, 0.2) is 0 Å². The van der Waals surface area contributed by atoms with Crippen LogP contribution in [0, 0.1) is 6.92 Å². The summed E-state index contributed by atoms with van der Waals surface area (Å²) in [5, 5.41) is 0. The number of rotatable bonds is 2. The Morgan fingerprint density at radius 2 is 1.42 bits per heavy atom. The topological polar surface area (TPSA) is 0 Å². The lowest BCUT2D eigenvalue weighted by Crippen LogP contribution is -1.62. The molecule has 0 unspecified atom stereocenters. The van der Waals surface area contributed by atoms with Crippen LogP contribution >= 0.6 is 0 Å². The quantitative estimate of drug-likeness (QED) is 0.516. The van der Waals surface area contributed by atoms with Crippen molar-refractivity contribution in [2.45, 2.75) is 48.5 Å². The van der Waals surface area contributed by atoms with Crippen molar-refractivity contribution in [1.82, 2.24) is 0 Å². The first kappa shape index (κ1) is 22.6. The minimum atomic E-state index is 1.09. The number of hydrogen-bond donors (Lipinski definition) is 0. The van der Waals surface area contributed by atoms with Crippen LogP contribution in [0.15, 0.2) is 66.8 Å². The number of allylic oxidation sites excluding steroid dienone is 5. The summed E-state index contributed by atoms with van der Waals surface area (Å²) in [6.07, 6.45) is 7.91. The lowest BCUT2D eigenvalue weighted by molar-refractivity contribution is 1.48. The van der Waals surface area contributed by atoms with Crippen molar-refractivity contribution < 1.29 is 0 Å². The van der Waals surface area contributed by atoms with E-state index in [1.54, 1.807) is 0 Å². The number of benzene rings is 1. The zero-order chi connectivity index (χ0) is 15.5. The molecule has 108 valence electrons. The van der Waals surface area contributed by atoms with Gasteiger partial charge in [-0.05, 0) is 20.8 Å². The van der Waals surface area contributed by atoms with E-state index in [2.05, 4.69) is 25.6 Å². The van der Waals surface area contributed by atoms with E-state index in [1.165, 1.54) is 5.56 Å². The van der Waals surface area contributed by atoms with Crippen LogP contribution in [0.2, 0.25) is 0 Å². The van der Waals surface area contributed by atoms with E-state index in [0.717, 1.165) is 5.57 Å². The Bertz CT molecular complexity index is 315. The van der Waals surface area contributed by atoms with E-state index >= 15 is 0 Å². The molecule has 0 nitrogen and oxygen atoms in total. The third-order valence-corrected chi connectivity index (χ3v) is 1.62. The van der Waals surface area contributed by atoms with Gasteiger partial charge in [-0.1, -0.05) is 100 Å². The normalized spacial score (nSPS) is 8.58. The minimum absolute atomic E-state index is 1.09. The minimum Gasteiger partial charge on any atom is -0.0961 e. The van der Waals surface area contributed by atoms with Crippen LogP contribution in [0.4, 0.5) is 0 Å². The van der Waals surface area contributed by atoms with Gasteiger partial charge in [-0.3, -0.25) is 0 Å². The Balaban J connectivity index is -0.000000214. The van der Waals surface area contributed by atoms with Crippen LogP contribution in [-0.4, -0.2) is 0 Å². The zero-order valence-corrected chi connectivity index (χ0v) is 13.9. The van der Waals surface area contributed by atoms with Crippen LogP contribution in [-0.2, 0) is 0 Å². The van der Waals surface area contributed by atoms with E-state index in [1.807, 2.05) is 84.0 Å². The maximum absolute atomic E-state index is 3.71. The lowest BCUT2D eigenvalue weighted by atomic mass is 10.2. The Labute approximate surface area is 121 Å². The summed E-state index contributed by atoms with van der Waals surface area (Å²) in [5.41, 5.74) is 2.41. The predicted octanol–water partition coefficient (Wildman–Crippen LogP) is 6.74. The van der Waals surface area contributed by atoms with Gasteiger partial charge < -0.3 is 0 Å². The zero-order valence-electron chi connectivity index (χ0n) is 13.9. The monoisotopic (exact) mass is 260 g/mol. The Kier molecular flexibility index (Phi) is 25.8. The molecule has 0 radical (unpaired) electrons.